The van der Waals surface area contributed by atoms with Crippen LogP contribution in [0.1, 0.15) is 29.3 Å². The topological polar surface area (TPSA) is 108 Å². The van der Waals surface area contributed by atoms with Gasteiger partial charge in [0, 0.05) is 17.7 Å². The van der Waals surface area contributed by atoms with Gasteiger partial charge >= 0.3 is 5.97 Å². The smallest absolute Gasteiger partial charge is 0.338 e. The molecule has 0 aliphatic carbocycles. The van der Waals surface area contributed by atoms with E-state index in [0.717, 1.165) is 5.56 Å². The summed E-state index contributed by atoms with van der Waals surface area (Å²) < 4.78 is 10.8. The third kappa shape index (κ3) is 3.69. The van der Waals surface area contributed by atoms with Gasteiger partial charge in [-0.15, -0.1) is 10.2 Å². The van der Waals surface area contributed by atoms with Gasteiger partial charge in [0.05, 0.1) is 10.5 Å². The van der Waals surface area contributed by atoms with Crippen LogP contribution in [0, 0.1) is 10.1 Å². The van der Waals surface area contributed by atoms with E-state index >= 15 is 0 Å². The van der Waals surface area contributed by atoms with Crippen molar-refractivity contribution in [3.63, 3.8) is 0 Å². The Labute approximate surface area is 142 Å². The first-order chi connectivity index (χ1) is 12.0. The number of carbonyl (C=O) groups excluding carboxylic acids is 1. The molecule has 0 aliphatic rings. The van der Waals surface area contributed by atoms with Crippen LogP contribution in [0.3, 0.4) is 0 Å². The Morgan fingerprint density at radius 3 is 2.44 bits per heavy atom. The molecule has 0 unspecified atom stereocenters. The van der Waals surface area contributed by atoms with E-state index in [-0.39, 0.29) is 17.1 Å². The average molecular weight is 339 g/mol. The van der Waals surface area contributed by atoms with Crippen LogP contribution in [0.2, 0.25) is 0 Å². The Kier molecular flexibility index (Phi) is 4.51. The lowest BCUT2D eigenvalue weighted by Crippen LogP contribution is -2.09. The Morgan fingerprint density at radius 1 is 1.12 bits per heavy atom. The predicted molar refractivity (Wildman–Crippen MR) is 86.7 cm³/mol. The van der Waals surface area contributed by atoms with Crippen molar-refractivity contribution in [2.24, 2.45) is 0 Å². The molecule has 2 aromatic carbocycles. The van der Waals surface area contributed by atoms with E-state index in [1.54, 1.807) is 6.92 Å². The van der Waals surface area contributed by atoms with Crippen molar-refractivity contribution in [2.75, 3.05) is 0 Å². The summed E-state index contributed by atoms with van der Waals surface area (Å²) in [5.74, 6) is -0.148. The number of aromatic nitrogens is 2. The molecule has 0 saturated heterocycles. The molecule has 0 radical (unpaired) electrons. The number of carbonyl (C=O) groups is 1. The van der Waals surface area contributed by atoms with Crippen molar-refractivity contribution in [3.05, 3.63) is 76.2 Å². The van der Waals surface area contributed by atoms with Crippen LogP contribution in [-0.2, 0) is 4.74 Å². The summed E-state index contributed by atoms with van der Waals surface area (Å²) in [6.45, 7) is 1.60. The molecule has 0 spiro atoms. The van der Waals surface area contributed by atoms with Gasteiger partial charge in [-0.05, 0) is 31.2 Å². The molecule has 0 aliphatic heterocycles. The molecule has 0 fully saturated rings. The first-order valence-electron chi connectivity index (χ1n) is 7.39. The first-order valence-corrected chi connectivity index (χ1v) is 7.39. The molecular formula is C17H13N3O5. The van der Waals surface area contributed by atoms with E-state index < -0.39 is 17.0 Å². The Morgan fingerprint density at radius 2 is 1.80 bits per heavy atom. The zero-order valence-electron chi connectivity index (χ0n) is 13.2. The number of hydrogen-bond donors (Lipinski definition) is 0. The fraction of sp³-hybridized carbons (Fsp3) is 0.118. The minimum Gasteiger partial charge on any atom is -0.449 e. The SMILES string of the molecule is C[C@H](OC(=O)c1ccc([N+](=O)[O-])cc1)c1nnc(-c2ccccc2)o1. The van der Waals surface area contributed by atoms with Crippen LogP contribution < -0.4 is 0 Å². The zero-order chi connectivity index (χ0) is 17.8. The van der Waals surface area contributed by atoms with Crippen LogP contribution in [0.25, 0.3) is 11.5 Å². The number of nitrogens with zero attached hydrogens (tertiary/aromatic N) is 3. The number of benzene rings is 2. The summed E-state index contributed by atoms with van der Waals surface area (Å²) >= 11 is 0. The van der Waals surface area contributed by atoms with Crippen molar-refractivity contribution >= 4 is 11.7 Å². The molecule has 126 valence electrons. The van der Waals surface area contributed by atoms with Gasteiger partial charge in [-0.25, -0.2) is 4.79 Å². The third-order valence-electron chi connectivity index (χ3n) is 3.41. The molecular weight excluding hydrogens is 326 g/mol. The van der Waals surface area contributed by atoms with Crippen LogP contribution in [0.5, 0.6) is 0 Å². The predicted octanol–water partition coefficient (Wildman–Crippen LogP) is 3.56. The fourth-order valence-electron chi connectivity index (χ4n) is 2.09. The number of rotatable bonds is 5. The van der Waals surface area contributed by atoms with Crippen LogP contribution >= 0.6 is 0 Å². The lowest BCUT2D eigenvalue weighted by molar-refractivity contribution is -0.384. The van der Waals surface area contributed by atoms with Gasteiger partial charge in [0.1, 0.15) is 0 Å². The molecule has 0 N–H and O–H groups in total. The summed E-state index contributed by atoms with van der Waals surface area (Å²) in [6, 6.07) is 14.3. The normalized spacial score (nSPS) is 11.7. The van der Waals surface area contributed by atoms with Gasteiger partial charge in [0.15, 0.2) is 6.10 Å². The summed E-state index contributed by atoms with van der Waals surface area (Å²) in [6.07, 6.45) is -0.757. The molecule has 8 heteroatoms. The molecule has 3 aromatic rings. The molecule has 0 amide bonds. The first kappa shape index (κ1) is 16.3. The van der Waals surface area contributed by atoms with E-state index in [9.17, 15) is 14.9 Å². The van der Waals surface area contributed by atoms with Crippen molar-refractivity contribution in [1.29, 1.82) is 0 Å². The van der Waals surface area contributed by atoms with E-state index in [0.29, 0.717) is 5.89 Å². The number of ether oxygens (including phenoxy) is 1. The number of nitro groups is 1. The van der Waals surface area contributed by atoms with Crippen LogP contribution in [0.15, 0.2) is 59.0 Å². The Balaban J connectivity index is 1.69. The number of esters is 1. The van der Waals surface area contributed by atoms with Crippen LogP contribution in [-0.4, -0.2) is 21.1 Å². The second-order valence-corrected chi connectivity index (χ2v) is 5.16. The summed E-state index contributed by atoms with van der Waals surface area (Å²) in [5.41, 5.74) is 0.851. The molecule has 1 heterocycles. The minimum absolute atomic E-state index is 0.103. The van der Waals surface area contributed by atoms with Crippen molar-refractivity contribution < 1.29 is 18.9 Å². The monoisotopic (exact) mass is 339 g/mol. The molecule has 0 saturated carbocycles. The van der Waals surface area contributed by atoms with E-state index in [2.05, 4.69) is 10.2 Å². The fourth-order valence-corrected chi connectivity index (χ4v) is 2.09. The number of non-ortho nitro benzene ring substituents is 1. The number of nitro benzene ring substituents is 1. The molecule has 1 aromatic heterocycles. The highest BCUT2D eigenvalue weighted by Gasteiger charge is 2.20. The van der Waals surface area contributed by atoms with Crippen molar-refractivity contribution in [1.82, 2.24) is 10.2 Å². The van der Waals surface area contributed by atoms with Gasteiger partial charge in [-0.2, -0.15) is 0 Å². The largest absolute Gasteiger partial charge is 0.449 e. The highest BCUT2D eigenvalue weighted by atomic mass is 16.6. The van der Waals surface area contributed by atoms with Gasteiger partial charge < -0.3 is 9.15 Å². The maximum absolute atomic E-state index is 12.1. The summed E-state index contributed by atoms with van der Waals surface area (Å²) in [5, 5.41) is 18.5. The second-order valence-electron chi connectivity index (χ2n) is 5.16. The molecule has 8 nitrogen and oxygen atoms in total. The van der Waals surface area contributed by atoms with Gasteiger partial charge in [0.2, 0.25) is 5.89 Å². The lowest BCUT2D eigenvalue weighted by Gasteiger charge is -2.09. The second kappa shape index (κ2) is 6.91. The van der Waals surface area contributed by atoms with Gasteiger partial charge in [-0.3, -0.25) is 10.1 Å². The maximum Gasteiger partial charge on any atom is 0.338 e. The summed E-state index contributed by atoms with van der Waals surface area (Å²) in [4.78, 5) is 22.2. The maximum atomic E-state index is 12.1. The quantitative estimate of drug-likeness (QED) is 0.397. The molecule has 25 heavy (non-hydrogen) atoms. The molecule has 3 rings (SSSR count). The molecule has 0 bridgehead atoms. The van der Waals surface area contributed by atoms with E-state index in [1.807, 2.05) is 30.3 Å². The minimum atomic E-state index is -0.757. The van der Waals surface area contributed by atoms with Crippen molar-refractivity contribution in [3.8, 4) is 11.5 Å². The van der Waals surface area contributed by atoms with Gasteiger partial charge in [-0.1, -0.05) is 18.2 Å². The highest BCUT2D eigenvalue weighted by Crippen LogP contribution is 2.23. The highest BCUT2D eigenvalue weighted by molar-refractivity contribution is 5.89. The standard InChI is InChI=1S/C17H13N3O5/c1-11(15-18-19-16(25-15)12-5-3-2-4-6-12)24-17(21)13-7-9-14(10-8-13)20(22)23/h2-11H,1H3/t11-/m0/s1. The van der Waals surface area contributed by atoms with Crippen LogP contribution in [0.4, 0.5) is 5.69 Å². The Bertz CT molecular complexity index is 890. The third-order valence-corrected chi connectivity index (χ3v) is 3.41. The average Bonchev–Trinajstić information content (AvgIpc) is 3.13. The Hall–Kier alpha value is -3.55. The van der Waals surface area contributed by atoms with E-state index in [1.165, 1.54) is 24.3 Å². The number of hydrogen-bond acceptors (Lipinski definition) is 7. The van der Waals surface area contributed by atoms with Gasteiger partial charge in [0.25, 0.3) is 11.6 Å². The lowest BCUT2D eigenvalue weighted by atomic mass is 10.2. The summed E-state index contributed by atoms with van der Waals surface area (Å²) in [7, 11) is 0. The zero-order valence-corrected chi connectivity index (χ0v) is 13.2. The van der Waals surface area contributed by atoms with Crippen molar-refractivity contribution in [2.45, 2.75) is 13.0 Å². The molecule has 1 atom stereocenters. The van der Waals surface area contributed by atoms with E-state index in [4.69, 9.17) is 9.15 Å².